The van der Waals surface area contributed by atoms with Gasteiger partial charge in [-0.15, -0.1) is 0 Å². The van der Waals surface area contributed by atoms with Crippen molar-refractivity contribution in [1.82, 2.24) is 4.90 Å². The molecule has 5 rings (SSSR count). The predicted molar refractivity (Wildman–Crippen MR) is 155 cm³/mol. The number of likely N-dealkylation sites (N-methyl/N-ethyl adjacent to an activating group) is 1. The van der Waals surface area contributed by atoms with E-state index in [4.69, 9.17) is 9.47 Å². The van der Waals surface area contributed by atoms with Gasteiger partial charge in [0.15, 0.2) is 6.29 Å². The zero-order chi connectivity index (χ0) is 28.0. The molecular weight excluding hydrogens is 524 g/mol. The summed E-state index contributed by atoms with van der Waals surface area (Å²) in [5, 5.41) is 9.47. The van der Waals surface area contributed by atoms with E-state index in [1.807, 2.05) is 48.5 Å². The first-order valence-corrected chi connectivity index (χ1v) is 14.8. The molecule has 0 saturated carbocycles. The Morgan fingerprint density at radius 1 is 0.825 bits per heavy atom. The molecule has 4 aromatic rings. The minimum atomic E-state index is -3.74. The number of hydrogen-bond acceptors (Lipinski definition) is 6. The van der Waals surface area contributed by atoms with Crippen molar-refractivity contribution in [3.8, 4) is 0 Å². The van der Waals surface area contributed by atoms with Crippen LogP contribution in [0.3, 0.4) is 0 Å². The number of sulfonamides is 1. The Labute approximate surface area is 236 Å². The summed E-state index contributed by atoms with van der Waals surface area (Å²) in [5.74, 6) is 0. The van der Waals surface area contributed by atoms with Gasteiger partial charge in [0.05, 0.1) is 23.7 Å². The maximum absolute atomic E-state index is 12.9. The minimum Gasteiger partial charge on any atom is -0.392 e. The molecule has 0 radical (unpaired) electrons. The molecule has 3 atom stereocenters. The second kappa shape index (κ2) is 12.8. The predicted octanol–water partition coefficient (Wildman–Crippen LogP) is 5.66. The SMILES string of the molecule is CN(Cc1ccccc1)C[C@@H]1C[C@H](c2ccc(CO)cc2)O[C@H](c2cccc(NS(=O)(=O)c3ccccc3)c2)O1. The summed E-state index contributed by atoms with van der Waals surface area (Å²) in [6, 6.07) is 33.5. The number of nitrogens with one attached hydrogen (secondary N) is 1. The summed E-state index contributed by atoms with van der Waals surface area (Å²) in [7, 11) is -1.66. The number of rotatable bonds is 10. The molecule has 208 valence electrons. The third-order valence-electron chi connectivity index (χ3n) is 6.89. The van der Waals surface area contributed by atoms with Crippen molar-refractivity contribution < 1.29 is 23.0 Å². The minimum absolute atomic E-state index is 0.0177. The Hall–Kier alpha value is -3.53. The quantitative estimate of drug-likeness (QED) is 0.261. The zero-order valence-corrected chi connectivity index (χ0v) is 23.2. The van der Waals surface area contributed by atoms with Crippen LogP contribution in [0.2, 0.25) is 0 Å². The molecule has 0 amide bonds. The highest BCUT2D eigenvalue weighted by Crippen LogP contribution is 2.38. The van der Waals surface area contributed by atoms with Crippen molar-refractivity contribution in [2.45, 2.75) is 43.0 Å². The van der Waals surface area contributed by atoms with Crippen LogP contribution in [0.25, 0.3) is 0 Å². The molecule has 1 saturated heterocycles. The van der Waals surface area contributed by atoms with Crippen molar-refractivity contribution >= 4 is 15.7 Å². The number of aliphatic hydroxyl groups excluding tert-OH is 1. The highest BCUT2D eigenvalue weighted by atomic mass is 32.2. The monoisotopic (exact) mass is 558 g/mol. The first kappa shape index (κ1) is 28.0. The number of benzene rings is 4. The largest absolute Gasteiger partial charge is 0.392 e. The van der Waals surface area contributed by atoms with Gasteiger partial charge in [-0.2, -0.15) is 0 Å². The molecule has 0 unspecified atom stereocenters. The van der Waals surface area contributed by atoms with Crippen molar-refractivity contribution in [3.63, 3.8) is 0 Å². The molecular formula is C32H34N2O5S. The summed E-state index contributed by atoms with van der Waals surface area (Å²) in [6.45, 7) is 1.47. The second-order valence-electron chi connectivity index (χ2n) is 10.1. The topological polar surface area (TPSA) is 88.1 Å². The van der Waals surface area contributed by atoms with Crippen molar-refractivity contribution in [3.05, 3.63) is 131 Å². The van der Waals surface area contributed by atoms with Crippen molar-refractivity contribution in [1.29, 1.82) is 0 Å². The molecule has 8 heteroatoms. The molecule has 4 aromatic carbocycles. The summed E-state index contributed by atoms with van der Waals surface area (Å²) in [6.07, 6.45) is -0.382. The van der Waals surface area contributed by atoms with Crippen LogP contribution < -0.4 is 4.72 Å². The maximum atomic E-state index is 12.9. The molecule has 0 aliphatic carbocycles. The third-order valence-corrected chi connectivity index (χ3v) is 8.29. The average Bonchev–Trinajstić information content (AvgIpc) is 2.98. The van der Waals surface area contributed by atoms with E-state index in [1.165, 1.54) is 5.56 Å². The van der Waals surface area contributed by atoms with Crippen molar-refractivity contribution in [2.75, 3.05) is 18.3 Å². The molecule has 0 bridgehead atoms. The van der Waals surface area contributed by atoms with Gasteiger partial charge in [-0.1, -0.05) is 84.9 Å². The molecule has 1 heterocycles. The normalized spacial score (nSPS) is 19.4. The van der Waals surface area contributed by atoms with E-state index in [0.717, 1.165) is 23.2 Å². The van der Waals surface area contributed by atoms with Crippen LogP contribution in [-0.2, 0) is 32.6 Å². The van der Waals surface area contributed by atoms with Gasteiger partial charge >= 0.3 is 0 Å². The van der Waals surface area contributed by atoms with E-state index in [0.29, 0.717) is 18.7 Å². The molecule has 1 aliphatic rings. The zero-order valence-electron chi connectivity index (χ0n) is 22.4. The highest BCUT2D eigenvalue weighted by molar-refractivity contribution is 7.92. The number of nitrogens with zero attached hydrogens (tertiary/aromatic N) is 1. The van der Waals surface area contributed by atoms with Gasteiger partial charge in [0, 0.05) is 30.8 Å². The smallest absolute Gasteiger partial charge is 0.261 e. The fourth-order valence-electron chi connectivity index (χ4n) is 4.90. The Morgan fingerprint density at radius 3 is 2.23 bits per heavy atom. The standard InChI is InChI=1S/C32H34N2O5S/c1-34(21-24-9-4-2-5-10-24)22-29-20-31(26-17-15-25(23-35)16-18-26)39-32(38-29)27-11-8-12-28(19-27)33-40(36,37)30-13-6-3-7-14-30/h2-19,29,31-33,35H,20-23H2,1H3/t29-,31+,32+/m0/s1. The van der Waals surface area contributed by atoms with Gasteiger partial charge in [0.1, 0.15) is 0 Å². The van der Waals surface area contributed by atoms with E-state index in [-0.39, 0.29) is 23.7 Å². The summed E-state index contributed by atoms with van der Waals surface area (Å²) in [4.78, 5) is 2.43. The molecule has 0 spiro atoms. The van der Waals surface area contributed by atoms with Crippen molar-refractivity contribution in [2.24, 2.45) is 0 Å². The van der Waals surface area contributed by atoms with E-state index in [9.17, 15) is 13.5 Å². The lowest BCUT2D eigenvalue weighted by atomic mass is 9.99. The fourth-order valence-corrected chi connectivity index (χ4v) is 5.97. The van der Waals surface area contributed by atoms with Gasteiger partial charge in [-0.3, -0.25) is 9.62 Å². The number of aliphatic hydroxyl groups is 1. The number of ether oxygens (including phenoxy) is 2. The number of hydrogen-bond donors (Lipinski definition) is 2. The highest BCUT2D eigenvalue weighted by Gasteiger charge is 2.33. The second-order valence-corrected chi connectivity index (χ2v) is 11.8. The lowest BCUT2D eigenvalue weighted by molar-refractivity contribution is -0.252. The first-order chi connectivity index (χ1) is 19.4. The lowest BCUT2D eigenvalue weighted by Crippen LogP contribution is -2.37. The van der Waals surface area contributed by atoms with Crippen LogP contribution in [0.15, 0.2) is 114 Å². The molecule has 1 fully saturated rings. The average molecular weight is 559 g/mol. The summed E-state index contributed by atoms with van der Waals surface area (Å²) < 4.78 is 41.4. The molecule has 2 N–H and O–H groups in total. The van der Waals surface area contributed by atoms with Crippen LogP contribution in [-0.4, -0.2) is 38.1 Å². The summed E-state index contributed by atoms with van der Waals surface area (Å²) in [5.41, 5.74) is 4.22. The Kier molecular flexibility index (Phi) is 8.94. The first-order valence-electron chi connectivity index (χ1n) is 13.3. The molecule has 0 aromatic heterocycles. The Balaban J connectivity index is 1.36. The maximum Gasteiger partial charge on any atom is 0.261 e. The van der Waals surface area contributed by atoms with E-state index < -0.39 is 16.3 Å². The summed E-state index contributed by atoms with van der Waals surface area (Å²) >= 11 is 0. The lowest BCUT2D eigenvalue weighted by Gasteiger charge is -2.38. The van der Waals surface area contributed by atoms with Gasteiger partial charge < -0.3 is 14.6 Å². The van der Waals surface area contributed by atoms with E-state index in [1.54, 1.807) is 48.5 Å². The van der Waals surface area contributed by atoms with Gasteiger partial charge in [0.2, 0.25) is 0 Å². The van der Waals surface area contributed by atoms with Gasteiger partial charge in [-0.25, -0.2) is 8.42 Å². The van der Waals surface area contributed by atoms with Crippen LogP contribution in [0.1, 0.15) is 41.1 Å². The van der Waals surface area contributed by atoms with Crippen LogP contribution >= 0.6 is 0 Å². The van der Waals surface area contributed by atoms with Crippen LogP contribution in [0, 0.1) is 0 Å². The molecule has 7 nitrogen and oxygen atoms in total. The Bertz CT molecular complexity index is 1480. The van der Waals surface area contributed by atoms with E-state index in [2.05, 4.69) is 28.8 Å². The fraction of sp³-hybridized carbons (Fsp3) is 0.250. The molecule has 1 aliphatic heterocycles. The van der Waals surface area contributed by atoms with Crippen LogP contribution in [0.4, 0.5) is 5.69 Å². The third kappa shape index (κ3) is 7.15. The van der Waals surface area contributed by atoms with Crippen LogP contribution in [0.5, 0.6) is 0 Å². The van der Waals surface area contributed by atoms with E-state index >= 15 is 0 Å². The Morgan fingerprint density at radius 2 is 1.52 bits per heavy atom. The van der Waals surface area contributed by atoms with Gasteiger partial charge in [-0.05, 0) is 48.0 Å². The molecule has 40 heavy (non-hydrogen) atoms. The number of anilines is 1. The van der Waals surface area contributed by atoms with Gasteiger partial charge in [0.25, 0.3) is 10.0 Å².